The summed E-state index contributed by atoms with van der Waals surface area (Å²) in [5.41, 5.74) is 4.60. The van der Waals surface area contributed by atoms with Crippen LogP contribution in [0, 0.1) is 22.0 Å². The average Bonchev–Trinajstić information content (AvgIpc) is 3.57. The Morgan fingerprint density at radius 1 is 1.00 bits per heavy atom. The smallest absolute Gasteiger partial charge is 0.269 e. The van der Waals surface area contributed by atoms with Crippen molar-refractivity contribution in [3.63, 3.8) is 0 Å². The minimum atomic E-state index is -0.392. The molecule has 2 aromatic heterocycles. The SMILES string of the molecule is C[C@@H]1C[C@H](C)CN(c2ccc(N3C(=S)N[C@@H](c4ccccn4)[C@@H]3c3cccn3-c3ccc([N+](=O)[O-])cc3)cc2Cl)C1. The van der Waals surface area contributed by atoms with Crippen molar-refractivity contribution in [2.24, 2.45) is 11.8 Å². The number of rotatable bonds is 6. The van der Waals surface area contributed by atoms with E-state index in [1.165, 1.54) is 18.6 Å². The van der Waals surface area contributed by atoms with E-state index >= 15 is 0 Å². The lowest BCUT2D eigenvalue weighted by Crippen LogP contribution is -2.38. The summed E-state index contributed by atoms with van der Waals surface area (Å²) in [7, 11) is 0. The molecule has 2 aliphatic heterocycles. The molecule has 0 spiro atoms. The normalized spacial score (nSPS) is 22.6. The second-order valence-electron chi connectivity index (χ2n) is 11.1. The second-order valence-corrected chi connectivity index (χ2v) is 11.9. The summed E-state index contributed by atoms with van der Waals surface area (Å²) < 4.78 is 2.04. The van der Waals surface area contributed by atoms with Crippen molar-refractivity contribution in [3.05, 3.63) is 112 Å². The molecule has 2 fully saturated rings. The van der Waals surface area contributed by atoms with Crippen LogP contribution in [0.4, 0.5) is 17.1 Å². The predicted octanol–water partition coefficient (Wildman–Crippen LogP) is 7.09. The molecule has 1 N–H and O–H groups in total. The third-order valence-corrected chi connectivity index (χ3v) is 8.56. The molecule has 4 atom stereocenters. The second kappa shape index (κ2) is 11.1. The van der Waals surface area contributed by atoms with Crippen LogP contribution in [0.3, 0.4) is 0 Å². The summed E-state index contributed by atoms with van der Waals surface area (Å²) in [5, 5.41) is 16.0. The van der Waals surface area contributed by atoms with Crippen LogP contribution in [0.2, 0.25) is 5.02 Å². The molecule has 2 aliphatic rings. The molecule has 0 amide bonds. The van der Waals surface area contributed by atoms with E-state index in [0.717, 1.165) is 41.5 Å². The minimum Gasteiger partial charge on any atom is -0.370 e. The van der Waals surface area contributed by atoms with Crippen LogP contribution in [-0.4, -0.2) is 32.7 Å². The third-order valence-electron chi connectivity index (χ3n) is 7.94. The summed E-state index contributed by atoms with van der Waals surface area (Å²) in [6.07, 6.45) is 4.96. The Bertz CT molecular complexity index is 1570. The van der Waals surface area contributed by atoms with E-state index in [1.807, 2.05) is 41.1 Å². The van der Waals surface area contributed by atoms with E-state index in [0.29, 0.717) is 22.0 Å². The zero-order valence-corrected chi connectivity index (χ0v) is 24.4. The van der Waals surface area contributed by atoms with E-state index in [1.54, 1.807) is 18.3 Å². The zero-order valence-electron chi connectivity index (χ0n) is 22.9. The average molecular weight is 587 g/mol. The van der Waals surface area contributed by atoms with Gasteiger partial charge in [0.25, 0.3) is 5.69 Å². The fraction of sp³-hybridized carbons (Fsp3) is 0.290. The lowest BCUT2D eigenvalue weighted by molar-refractivity contribution is -0.384. The van der Waals surface area contributed by atoms with Gasteiger partial charge in [-0.1, -0.05) is 31.5 Å². The number of nitro groups is 1. The van der Waals surface area contributed by atoms with Crippen LogP contribution in [0.25, 0.3) is 5.69 Å². The van der Waals surface area contributed by atoms with Crippen molar-refractivity contribution in [1.82, 2.24) is 14.9 Å². The number of hydrogen-bond donors (Lipinski definition) is 1. The van der Waals surface area contributed by atoms with Gasteiger partial charge in [-0.05, 0) is 85.1 Å². The Labute approximate surface area is 249 Å². The monoisotopic (exact) mass is 586 g/mol. The highest BCUT2D eigenvalue weighted by molar-refractivity contribution is 7.80. The number of halogens is 1. The molecule has 4 aromatic rings. The third kappa shape index (κ3) is 5.27. The maximum absolute atomic E-state index is 11.2. The van der Waals surface area contributed by atoms with Gasteiger partial charge >= 0.3 is 0 Å². The van der Waals surface area contributed by atoms with Crippen LogP contribution >= 0.6 is 23.8 Å². The highest BCUT2D eigenvalue weighted by Gasteiger charge is 2.42. The van der Waals surface area contributed by atoms with Crippen molar-refractivity contribution in [2.45, 2.75) is 32.4 Å². The fourth-order valence-corrected chi connectivity index (χ4v) is 6.94. The van der Waals surface area contributed by atoms with Gasteiger partial charge < -0.3 is 19.7 Å². The summed E-state index contributed by atoms with van der Waals surface area (Å²) in [6, 6.07) is 22.1. The number of nitro benzene ring substituents is 1. The van der Waals surface area contributed by atoms with E-state index in [9.17, 15) is 10.1 Å². The molecular formula is C31H31ClN6O2S. The first-order valence-electron chi connectivity index (χ1n) is 13.8. The molecule has 2 saturated heterocycles. The Hall–Kier alpha value is -3.95. The Morgan fingerprint density at radius 3 is 2.39 bits per heavy atom. The van der Waals surface area contributed by atoms with Crippen molar-refractivity contribution in [3.8, 4) is 5.69 Å². The van der Waals surface area contributed by atoms with Crippen LogP contribution in [-0.2, 0) is 0 Å². The molecule has 0 bridgehead atoms. The van der Waals surface area contributed by atoms with Crippen LogP contribution in [0.1, 0.15) is 43.7 Å². The predicted molar refractivity (Wildman–Crippen MR) is 167 cm³/mol. The molecule has 0 unspecified atom stereocenters. The summed E-state index contributed by atoms with van der Waals surface area (Å²) in [5.74, 6) is 1.22. The molecular weight excluding hydrogens is 556 g/mol. The van der Waals surface area contributed by atoms with Gasteiger partial charge in [0.2, 0.25) is 0 Å². The van der Waals surface area contributed by atoms with Crippen molar-refractivity contribution < 1.29 is 4.92 Å². The maximum Gasteiger partial charge on any atom is 0.269 e. The van der Waals surface area contributed by atoms with Gasteiger partial charge in [0.1, 0.15) is 6.04 Å². The minimum absolute atomic E-state index is 0.0476. The number of pyridine rings is 1. The number of aromatic nitrogens is 2. The molecule has 0 aliphatic carbocycles. The van der Waals surface area contributed by atoms with E-state index in [-0.39, 0.29) is 17.8 Å². The summed E-state index contributed by atoms with van der Waals surface area (Å²) in [4.78, 5) is 20.0. The summed E-state index contributed by atoms with van der Waals surface area (Å²) in [6.45, 7) is 6.56. The van der Waals surface area contributed by atoms with E-state index < -0.39 is 4.92 Å². The lowest BCUT2D eigenvalue weighted by atomic mass is 9.91. The first kappa shape index (κ1) is 27.2. The maximum atomic E-state index is 11.2. The number of non-ortho nitro benzene ring substituents is 1. The molecule has 0 radical (unpaired) electrons. The molecule has 41 heavy (non-hydrogen) atoms. The molecule has 2 aromatic carbocycles. The van der Waals surface area contributed by atoms with Gasteiger partial charge in [-0.3, -0.25) is 15.1 Å². The van der Waals surface area contributed by atoms with E-state index in [2.05, 4.69) is 52.1 Å². The van der Waals surface area contributed by atoms with Gasteiger partial charge in [-0.15, -0.1) is 0 Å². The quantitative estimate of drug-likeness (QED) is 0.147. The number of thiocarbonyl (C=S) groups is 1. The number of nitrogens with zero attached hydrogens (tertiary/aromatic N) is 5. The lowest BCUT2D eigenvalue weighted by Gasteiger charge is -2.37. The molecule has 10 heteroatoms. The van der Waals surface area contributed by atoms with Gasteiger partial charge in [-0.25, -0.2) is 0 Å². The number of hydrogen-bond acceptors (Lipinski definition) is 5. The Balaban J connectivity index is 1.41. The molecule has 0 saturated carbocycles. The van der Waals surface area contributed by atoms with Crippen molar-refractivity contribution >= 4 is 46.0 Å². The zero-order chi connectivity index (χ0) is 28.7. The van der Waals surface area contributed by atoms with Gasteiger partial charge in [0.15, 0.2) is 5.11 Å². The van der Waals surface area contributed by atoms with Gasteiger partial charge in [0, 0.05) is 54.7 Å². The number of nitrogens with one attached hydrogen (secondary N) is 1. The molecule has 8 nitrogen and oxygen atoms in total. The number of benzene rings is 2. The Morgan fingerprint density at radius 2 is 1.73 bits per heavy atom. The summed E-state index contributed by atoms with van der Waals surface area (Å²) >= 11 is 12.9. The highest BCUT2D eigenvalue weighted by Crippen LogP contribution is 2.44. The topological polar surface area (TPSA) is 79.5 Å². The van der Waals surface area contributed by atoms with Crippen molar-refractivity contribution in [1.29, 1.82) is 0 Å². The number of piperidine rings is 1. The Kier molecular flexibility index (Phi) is 7.40. The van der Waals surface area contributed by atoms with Crippen LogP contribution in [0.5, 0.6) is 0 Å². The standard InChI is InChI=1S/C31H31ClN6O2S/c1-20-16-21(2)19-35(18-20)27-13-12-24(17-25(27)32)37-30(29(34-31(37)41)26-6-3-4-14-33-26)28-7-5-15-36(28)22-8-10-23(11-9-22)38(39)40/h3-15,17,20-21,29-30H,16,18-19H2,1-2H3,(H,34,41)/t20-,21+,29-,30-/m0/s1. The van der Waals surface area contributed by atoms with Crippen LogP contribution in [0.15, 0.2) is 85.2 Å². The van der Waals surface area contributed by atoms with Gasteiger partial charge in [-0.2, -0.15) is 0 Å². The van der Waals surface area contributed by atoms with Crippen LogP contribution < -0.4 is 15.1 Å². The largest absolute Gasteiger partial charge is 0.370 e. The molecule has 6 rings (SSSR count). The highest BCUT2D eigenvalue weighted by atomic mass is 35.5. The first-order chi connectivity index (χ1) is 19.8. The first-order valence-corrected chi connectivity index (χ1v) is 14.6. The molecule has 210 valence electrons. The van der Waals surface area contributed by atoms with Crippen molar-refractivity contribution in [2.75, 3.05) is 22.9 Å². The molecule has 4 heterocycles. The van der Waals surface area contributed by atoms with E-state index in [4.69, 9.17) is 23.8 Å². The number of anilines is 2. The van der Waals surface area contributed by atoms with Gasteiger partial charge in [0.05, 0.1) is 27.4 Å². The fourth-order valence-electron chi connectivity index (χ4n) is 6.30.